The number of nitrogens with two attached hydrogens (primary N) is 1. The molecule has 1 aromatic heterocycles. The maximum absolute atomic E-state index is 15.4. The quantitative estimate of drug-likeness (QED) is 0.0611. The van der Waals surface area contributed by atoms with E-state index in [1.165, 1.54) is 11.1 Å². The number of carbonyl (C=O) groups excluding carboxylic acids is 4. The summed E-state index contributed by atoms with van der Waals surface area (Å²) in [5, 5.41) is 12.4. The number of piperazine rings is 1. The summed E-state index contributed by atoms with van der Waals surface area (Å²) >= 11 is 0. The molecular weight excluding hydrogens is 822 g/mol. The summed E-state index contributed by atoms with van der Waals surface area (Å²) in [5.41, 5.74) is 8.35. The Labute approximate surface area is 370 Å². The van der Waals surface area contributed by atoms with Crippen molar-refractivity contribution in [2.75, 3.05) is 37.6 Å². The molecule has 1 aliphatic heterocycles. The number of Topliss-reactive ketones (excluding diaryl/α,β-unsaturated/α-hetero) is 1. The molecule has 4 aromatic carbocycles. The summed E-state index contributed by atoms with van der Waals surface area (Å²) in [6.45, 7) is 3.78. The number of carboxylic acids is 1. The van der Waals surface area contributed by atoms with Crippen LogP contribution in [0.3, 0.4) is 0 Å². The molecule has 6 rings (SSSR count). The van der Waals surface area contributed by atoms with E-state index in [2.05, 4.69) is 5.32 Å². The zero-order valence-electron chi connectivity index (χ0n) is 35.9. The van der Waals surface area contributed by atoms with Gasteiger partial charge < -0.3 is 40.0 Å². The molecule has 1 fully saturated rings. The van der Waals surface area contributed by atoms with Crippen molar-refractivity contribution in [2.24, 2.45) is 11.7 Å². The Kier molecular flexibility index (Phi) is 16.4. The number of hydrogen-bond donors (Lipinski definition) is 3. The summed E-state index contributed by atoms with van der Waals surface area (Å²) in [6, 6.07) is 27.6. The van der Waals surface area contributed by atoms with Crippen molar-refractivity contribution in [1.29, 1.82) is 0 Å². The van der Waals surface area contributed by atoms with Crippen molar-refractivity contribution in [3.05, 3.63) is 147 Å². The molecule has 0 spiro atoms. The second-order valence-corrected chi connectivity index (χ2v) is 15.9. The summed E-state index contributed by atoms with van der Waals surface area (Å²) in [7, 11) is 0. The first-order chi connectivity index (χ1) is 30.9. The number of aromatic carboxylic acids is 1. The molecule has 15 heteroatoms. The maximum atomic E-state index is 15.4. The van der Waals surface area contributed by atoms with E-state index in [0.29, 0.717) is 62.1 Å². The fraction of sp³-hybridized carbons (Fsp3) is 0.347. The molecular formula is C49H54FN5O9. The third kappa shape index (κ3) is 12.4. The molecule has 1 saturated heterocycles. The number of aryl methyl sites for hydroxylation is 1. The van der Waals surface area contributed by atoms with Crippen LogP contribution in [0, 0.1) is 11.7 Å². The maximum Gasteiger partial charge on any atom is 0.410 e. The topological polar surface area (TPSA) is 191 Å². The van der Waals surface area contributed by atoms with Crippen molar-refractivity contribution in [3.8, 4) is 0 Å². The number of rotatable bonds is 20. The van der Waals surface area contributed by atoms with Crippen LogP contribution in [0.15, 0.2) is 108 Å². The largest absolute Gasteiger partial charge is 0.477 e. The Hall–Kier alpha value is -6.87. The highest BCUT2D eigenvalue weighted by atomic mass is 19.1. The van der Waals surface area contributed by atoms with Crippen LogP contribution in [-0.4, -0.2) is 83.1 Å². The van der Waals surface area contributed by atoms with Crippen LogP contribution in [0.1, 0.15) is 65.2 Å². The zero-order valence-corrected chi connectivity index (χ0v) is 35.9. The molecule has 0 bridgehead atoms. The number of aromatic nitrogens is 1. The Balaban J connectivity index is 1.02. The number of nitrogens with zero attached hydrogens (tertiary/aromatic N) is 3. The van der Waals surface area contributed by atoms with Crippen LogP contribution in [0.4, 0.5) is 14.9 Å². The van der Waals surface area contributed by atoms with Crippen molar-refractivity contribution >= 4 is 46.3 Å². The van der Waals surface area contributed by atoms with E-state index < -0.39 is 52.7 Å². The van der Waals surface area contributed by atoms with E-state index in [1.807, 2.05) is 60.7 Å². The van der Waals surface area contributed by atoms with Crippen molar-refractivity contribution in [2.45, 2.75) is 71.2 Å². The summed E-state index contributed by atoms with van der Waals surface area (Å²) < 4.78 is 28.1. The second-order valence-electron chi connectivity index (χ2n) is 15.9. The number of anilines is 1. The lowest BCUT2D eigenvalue weighted by molar-refractivity contribution is -0.148. The van der Waals surface area contributed by atoms with E-state index in [4.69, 9.17) is 15.2 Å². The number of unbranched alkanes of at least 4 members (excludes halogenated alkanes) is 1. The highest BCUT2D eigenvalue weighted by Gasteiger charge is 2.29. The molecule has 14 nitrogen and oxygen atoms in total. The van der Waals surface area contributed by atoms with Crippen LogP contribution in [0.25, 0.3) is 10.9 Å². The number of halogens is 1. The van der Waals surface area contributed by atoms with Gasteiger partial charge in [-0.15, -0.1) is 0 Å². The standard InChI is InChI=1S/C49H54FN5O9/c1-2-53-30-39(48(60)61)46(58)38-28-40(50)43(29-42(38)53)54-21-23-55(24-22-54)49(62)64-32-36-18-16-34(17-19-36)26-44(56)41(15-9-10-20-51)52-47(59)37(25-33-11-5-3-6-12-33)27-45(57)63-31-35-13-7-4-8-14-35/h3-8,11-14,16-19,28-30,37,41H,2,9-10,15,20-27,31-32,51H2,1H3,(H,52,59)(H,60,61)/t37-,41+/m1/s1. The molecule has 2 atom stereocenters. The summed E-state index contributed by atoms with van der Waals surface area (Å²) in [4.78, 5) is 81.4. The average molecular weight is 876 g/mol. The first kappa shape index (κ1) is 46.6. The number of ketones is 1. The number of amides is 2. The van der Waals surface area contributed by atoms with Crippen LogP contribution < -0.4 is 21.4 Å². The Morgan fingerprint density at radius 3 is 2.08 bits per heavy atom. The van der Waals surface area contributed by atoms with Crippen LogP contribution in [0.2, 0.25) is 0 Å². The van der Waals surface area contributed by atoms with Crippen LogP contribution in [-0.2, 0) is 56.5 Å². The molecule has 0 radical (unpaired) electrons. The van der Waals surface area contributed by atoms with Gasteiger partial charge in [0.2, 0.25) is 11.3 Å². The van der Waals surface area contributed by atoms with Crippen LogP contribution in [0.5, 0.6) is 0 Å². The predicted octanol–water partition coefficient (Wildman–Crippen LogP) is 6.04. The van der Waals surface area contributed by atoms with Crippen molar-refractivity contribution in [3.63, 3.8) is 0 Å². The number of carboxylic acid groups (broad SMARTS) is 1. The van der Waals surface area contributed by atoms with Gasteiger partial charge in [0, 0.05) is 50.7 Å². The first-order valence-corrected chi connectivity index (χ1v) is 21.5. The van der Waals surface area contributed by atoms with Gasteiger partial charge in [0.1, 0.15) is 24.6 Å². The number of esters is 1. The molecule has 336 valence electrons. The Morgan fingerprint density at radius 2 is 1.44 bits per heavy atom. The van der Waals surface area contributed by atoms with E-state index >= 15 is 4.39 Å². The molecule has 4 N–H and O–H groups in total. The molecule has 2 heterocycles. The lowest BCUT2D eigenvalue weighted by atomic mass is 9.93. The lowest BCUT2D eigenvalue weighted by Crippen LogP contribution is -2.49. The normalized spacial score (nSPS) is 13.5. The first-order valence-electron chi connectivity index (χ1n) is 21.5. The molecule has 0 unspecified atom stereocenters. The molecule has 1 aliphatic rings. The summed E-state index contributed by atoms with van der Waals surface area (Å²) in [6.07, 6.45) is 2.57. The number of pyridine rings is 1. The average Bonchev–Trinajstić information content (AvgIpc) is 3.30. The highest BCUT2D eigenvalue weighted by Crippen LogP contribution is 2.27. The van der Waals surface area contributed by atoms with E-state index in [0.717, 1.165) is 17.2 Å². The SMILES string of the molecule is CCn1cc(C(=O)O)c(=O)c2cc(F)c(N3CCN(C(=O)OCc4ccc(CC(=O)[C@H](CCCCN)NC(=O)[C@@H](CC(=O)OCc5ccccc5)Cc5ccccc5)cc4)CC3)cc21. The predicted molar refractivity (Wildman–Crippen MR) is 239 cm³/mol. The van der Waals surface area contributed by atoms with Gasteiger partial charge in [-0.3, -0.25) is 19.2 Å². The monoisotopic (exact) mass is 875 g/mol. The van der Waals surface area contributed by atoms with Gasteiger partial charge in [-0.2, -0.15) is 0 Å². The van der Waals surface area contributed by atoms with Gasteiger partial charge in [0.15, 0.2) is 5.78 Å². The van der Waals surface area contributed by atoms with Gasteiger partial charge in [0.05, 0.1) is 29.6 Å². The third-order valence-electron chi connectivity index (χ3n) is 11.4. The third-order valence-corrected chi connectivity index (χ3v) is 11.4. The highest BCUT2D eigenvalue weighted by molar-refractivity contribution is 5.94. The van der Waals surface area contributed by atoms with Gasteiger partial charge in [-0.25, -0.2) is 14.0 Å². The number of carbonyl (C=O) groups is 5. The van der Waals surface area contributed by atoms with Crippen molar-refractivity contribution < 1.29 is 42.9 Å². The zero-order chi connectivity index (χ0) is 45.6. The molecule has 0 aliphatic carbocycles. The number of ether oxygens (including phenoxy) is 2. The van der Waals surface area contributed by atoms with Crippen molar-refractivity contribution in [1.82, 2.24) is 14.8 Å². The molecule has 0 saturated carbocycles. The van der Waals surface area contributed by atoms with Gasteiger partial charge >= 0.3 is 18.0 Å². The minimum Gasteiger partial charge on any atom is -0.477 e. The van der Waals surface area contributed by atoms with Crippen LogP contribution >= 0.6 is 0 Å². The minimum absolute atomic E-state index is 0.0173. The minimum atomic E-state index is -1.38. The Bertz CT molecular complexity index is 2470. The number of benzene rings is 4. The van der Waals surface area contributed by atoms with E-state index in [1.54, 1.807) is 46.7 Å². The van der Waals surface area contributed by atoms with E-state index in [-0.39, 0.29) is 62.4 Å². The Morgan fingerprint density at radius 1 is 0.812 bits per heavy atom. The smallest absolute Gasteiger partial charge is 0.410 e. The fourth-order valence-electron chi connectivity index (χ4n) is 7.75. The van der Waals surface area contributed by atoms with Gasteiger partial charge in [0.25, 0.3) is 0 Å². The van der Waals surface area contributed by atoms with Gasteiger partial charge in [-0.05, 0) is 73.5 Å². The molecule has 5 aromatic rings. The second kappa shape index (κ2) is 22.5. The van der Waals surface area contributed by atoms with Gasteiger partial charge in [-0.1, -0.05) is 84.9 Å². The number of nitrogens with one attached hydrogen (secondary N) is 1. The number of fused-ring (bicyclic) bond motifs is 1. The fourth-order valence-corrected chi connectivity index (χ4v) is 7.75. The molecule has 64 heavy (non-hydrogen) atoms. The molecule has 2 amide bonds. The number of hydrogen-bond acceptors (Lipinski definition) is 10. The summed E-state index contributed by atoms with van der Waals surface area (Å²) in [5.74, 6) is -3.93. The lowest BCUT2D eigenvalue weighted by Gasteiger charge is -2.35. The van der Waals surface area contributed by atoms with E-state index in [9.17, 15) is 33.9 Å².